The van der Waals surface area contributed by atoms with E-state index in [1.54, 1.807) is 0 Å². The fraction of sp³-hybridized carbons (Fsp3) is 0. The van der Waals surface area contributed by atoms with Gasteiger partial charge < -0.3 is 10.2 Å². The van der Waals surface area contributed by atoms with E-state index in [1.165, 1.54) is 0 Å². The molecule has 0 saturated carbocycles. The van der Waals surface area contributed by atoms with Crippen LogP contribution in [0.5, 0.6) is 5.88 Å². The van der Waals surface area contributed by atoms with Crippen LogP contribution in [0.25, 0.3) is 0 Å². The lowest BCUT2D eigenvalue weighted by atomic mass is 10.1. The van der Waals surface area contributed by atoms with Gasteiger partial charge >= 0.3 is 11.7 Å². The van der Waals surface area contributed by atoms with E-state index in [4.69, 9.17) is 5.11 Å². The maximum absolute atomic E-state index is 11.5. The standard InChI is InChI=1S/C12H8N4O7/c17-9-7(10(18)15-12(21)14-9)4-13-5-1-2-8(16(22)23)6(3-5)11(19)20/h1-4H,(H,19,20)(H3,14,15,17,18,21). The van der Waals surface area contributed by atoms with Crippen molar-refractivity contribution < 1.29 is 19.9 Å². The summed E-state index contributed by atoms with van der Waals surface area (Å²) in [6.45, 7) is 0. The van der Waals surface area contributed by atoms with Gasteiger partial charge in [0, 0.05) is 12.3 Å². The van der Waals surface area contributed by atoms with Crippen LogP contribution in [0.15, 0.2) is 32.8 Å². The molecule has 23 heavy (non-hydrogen) atoms. The van der Waals surface area contributed by atoms with Crippen LogP contribution in [-0.4, -0.2) is 37.3 Å². The maximum atomic E-state index is 11.5. The highest BCUT2D eigenvalue weighted by molar-refractivity contribution is 5.94. The summed E-state index contributed by atoms with van der Waals surface area (Å²) in [5, 5.41) is 29.1. The van der Waals surface area contributed by atoms with Crippen LogP contribution in [0.2, 0.25) is 0 Å². The Morgan fingerprint density at radius 1 is 1.30 bits per heavy atom. The van der Waals surface area contributed by atoms with Gasteiger partial charge in [-0.25, -0.2) is 9.59 Å². The molecule has 0 aliphatic heterocycles. The molecule has 2 rings (SSSR count). The van der Waals surface area contributed by atoms with Crippen molar-refractivity contribution in [2.75, 3.05) is 0 Å². The minimum absolute atomic E-state index is 0.00185. The number of nitrogens with one attached hydrogen (secondary N) is 2. The van der Waals surface area contributed by atoms with E-state index in [1.807, 2.05) is 9.97 Å². The predicted octanol–water partition coefficient (Wildman–Crippen LogP) is 0.126. The Balaban J connectivity index is 2.47. The topological polar surface area (TPSA) is 179 Å². The molecule has 0 amide bonds. The van der Waals surface area contributed by atoms with Crippen molar-refractivity contribution in [3.63, 3.8) is 0 Å². The average molecular weight is 320 g/mol. The second-order valence-electron chi connectivity index (χ2n) is 4.19. The van der Waals surface area contributed by atoms with Gasteiger partial charge in [0.05, 0.1) is 10.6 Å². The van der Waals surface area contributed by atoms with E-state index in [0.29, 0.717) is 0 Å². The Morgan fingerprint density at radius 2 is 2.00 bits per heavy atom. The molecule has 0 fully saturated rings. The number of aromatic nitrogens is 2. The number of aromatic hydroxyl groups is 1. The van der Waals surface area contributed by atoms with Crippen LogP contribution in [0.4, 0.5) is 11.4 Å². The third kappa shape index (κ3) is 3.29. The van der Waals surface area contributed by atoms with Crippen LogP contribution in [0.3, 0.4) is 0 Å². The summed E-state index contributed by atoms with van der Waals surface area (Å²) in [6.07, 6.45) is 0.886. The van der Waals surface area contributed by atoms with E-state index in [2.05, 4.69) is 4.99 Å². The molecular formula is C12H8N4O7. The van der Waals surface area contributed by atoms with Gasteiger partial charge in [-0.1, -0.05) is 0 Å². The Bertz CT molecular complexity index is 941. The van der Waals surface area contributed by atoms with Crippen molar-refractivity contribution >= 4 is 23.6 Å². The van der Waals surface area contributed by atoms with Crippen molar-refractivity contribution in [1.82, 2.24) is 9.97 Å². The highest BCUT2D eigenvalue weighted by Crippen LogP contribution is 2.24. The molecule has 0 bridgehead atoms. The number of nitro groups is 1. The molecule has 118 valence electrons. The first-order valence-electron chi connectivity index (χ1n) is 5.91. The number of hydrogen-bond acceptors (Lipinski definition) is 7. The van der Waals surface area contributed by atoms with Crippen LogP contribution in [0.1, 0.15) is 15.9 Å². The second-order valence-corrected chi connectivity index (χ2v) is 4.19. The number of H-pyrrole nitrogens is 2. The largest absolute Gasteiger partial charge is 0.494 e. The van der Waals surface area contributed by atoms with E-state index in [-0.39, 0.29) is 11.3 Å². The third-order valence-corrected chi connectivity index (χ3v) is 2.71. The number of hydrogen-bond donors (Lipinski definition) is 4. The fourth-order valence-corrected chi connectivity index (χ4v) is 1.68. The molecule has 0 aliphatic carbocycles. The lowest BCUT2D eigenvalue weighted by Gasteiger charge is -2.00. The number of rotatable bonds is 4. The molecule has 11 nitrogen and oxygen atoms in total. The van der Waals surface area contributed by atoms with Crippen molar-refractivity contribution in [2.24, 2.45) is 4.99 Å². The van der Waals surface area contributed by atoms with Gasteiger partial charge in [0.25, 0.3) is 11.2 Å². The van der Waals surface area contributed by atoms with Crippen LogP contribution >= 0.6 is 0 Å². The van der Waals surface area contributed by atoms with Gasteiger partial charge in [0.1, 0.15) is 11.1 Å². The van der Waals surface area contributed by atoms with Gasteiger partial charge in [-0.2, -0.15) is 0 Å². The summed E-state index contributed by atoms with van der Waals surface area (Å²) in [4.78, 5) is 50.9. The molecule has 11 heteroatoms. The highest BCUT2D eigenvalue weighted by atomic mass is 16.6. The van der Waals surface area contributed by atoms with E-state index in [0.717, 1.165) is 24.4 Å². The van der Waals surface area contributed by atoms with Crippen molar-refractivity contribution in [1.29, 1.82) is 0 Å². The number of nitro benzene ring substituents is 1. The number of aliphatic imine (C=N–C) groups is 1. The first kappa shape index (κ1) is 15.6. The Morgan fingerprint density at radius 3 is 2.57 bits per heavy atom. The monoisotopic (exact) mass is 320 g/mol. The lowest BCUT2D eigenvalue weighted by Crippen LogP contribution is -2.24. The first-order valence-corrected chi connectivity index (χ1v) is 5.91. The SMILES string of the molecule is O=C(O)c1cc(N=Cc2c(O)[nH]c(=O)[nH]c2=O)ccc1[N+](=O)[O-]. The average Bonchev–Trinajstić information content (AvgIpc) is 2.45. The number of benzene rings is 1. The molecule has 0 unspecified atom stereocenters. The van der Waals surface area contributed by atoms with Crippen LogP contribution in [-0.2, 0) is 0 Å². The van der Waals surface area contributed by atoms with Crippen LogP contribution < -0.4 is 11.2 Å². The molecule has 0 atom stereocenters. The lowest BCUT2D eigenvalue weighted by molar-refractivity contribution is -0.385. The first-order chi connectivity index (χ1) is 10.8. The molecule has 0 saturated heterocycles. The molecule has 4 N–H and O–H groups in total. The summed E-state index contributed by atoms with van der Waals surface area (Å²) in [7, 11) is 0. The van der Waals surface area contributed by atoms with Crippen molar-refractivity contribution in [3.05, 3.63) is 60.3 Å². The molecule has 0 aliphatic rings. The third-order valence-electron chi connectivity index (χ3n) is 2.71. The number of aromatic amines is 2. The molecule has 1 aromatic carbocycles. The van der Waals surface area contributed by atoms with Gasteiger partial charge in [-0.15, -0.1) is 0 Å². The number of carbonyl (C=O) groups is 1. The van der Waals surface area contributed by atoms with Crippen molar-refractivity contribution in [3.8, 4) is 5.88 Å². The Hall–Kier alpha value is -3.76. The number of carboxylic acids is 1. The van der Waals surface area contributed by atoms with Crippen molar-refractivity contribution in [2.45, 2.75) is 0 Å². The normalized spacial score (nSPS) is 10.8. The molecule has 0 spiro atoms. The Kier molecular flexibility index (Phi) is 4.03. The number of carboxylic acid groups (broad SMARTS) is 1. The molecule has 1 heterocycles. The zero-order chi connectivity index (χ0) is 17.1. The molecule has 0 radical (unpaired) electrons. The van der Waals surface area contributed by atoms with Crippen LogP contribution in [0, 0.1) is 10.1 Å². The van der Waals surface area contributed by atoms with E-state index < -0.39 is 39.3 Å². The molecular weight excluding hydrogens is 312 g/mol. The van der Waals surface area contributed by atoms with Gasteiger partial charge in [0.2, 0.25) is 5.88 Å². The zero-order valence-corrected chi connectivity index (χ0v) is 11.1. The predicted molar refractivity (Wildman–Crippen MR) is 76.7 cm³/mol. The van der Waals surface area contributed by atoms with Gasteiger partial charge in [-0.3, -0.25) is 29.9 Å². The summed E-state index contributed by atoms with van der Waals surface area (Å²) in [5.74, 6) is -2.23. The van der Waals surface area contributed by atoms with Gasteiger partial charge in [0.15, 0.2) is 0 Å². The molecule has 2 aromatic rings. The van der Waals surface area contributed by atoms with E-state index in [9.17, 15) is 29.6 Å². The fourth-order valence-electron chi connectivity index (χ4n) is 1.68. The second kappa shape index (κ2) is 5.93. The highest BCUT2D eigenvalue weighted by Gasteiger charge is 2.19. The zero-order valence-electron chi connectivity index (χ0n) is 11.1. The summed E-state index contributed by atoms with van der Waals surface area (Å²) in [5.41, 5.74) is -3.37. The quantitative estimate of drug-likeness (QED) is 0.351. The Labute approximate surface area is 125 Å². The minimum atomic E-state index is -1.52. The van der Waals surface area contributed by atoms with Gasteiger partial charge in [-0.05, 0) is 12.1 Å². The summed E-state index contributed by atoms with van der Waals surface area (Å²) < 4.78 is 0. The minimum Gasteiger partial charge on any atom is -0.494 e. The summed E-state index contributed by atoms with van der Waals surface area (Å²) in [6, 6.07) is 3.05. The molecule has 1 aromatic heterocycles. The summed E-state index contributed by atoms with van der Waals surface area (Å²) >= 11 is 0. The van der Waals surface area contributed by atoms with E-state index >= 15 is 0 Å². The number of aromatic carboxylic acids is 1. The maximum Gasteiger partial charge on any atom is 0.342 e. The number of nitrogens with zero attached hydrogens (tertiary/aromatic N) is 2. The smallest absolute Gasteiger partial charge is 0.342 e.